The lowest BCUT2D eigenvalue weighted by Gasteiger charge is -2.33. The Morgan fingerprint density at radius 1 is 0.414 bits per heavy atom. The first kappa shape index (κ1) is 17.2. The molecule has 0 saturated heterocycles. The molecule has 4 N–H and O–H groups in total. The van der Waals surface area contributed by atoms with Gasteiger partial charge in [0.1, 0.15) is 23.0 Å². The third-order valence-corrected chi connectivity index (χ3v) is 5.71. The zero-order valence-corrected chi connectivity index (χ0v) is 15.4. The highest BCUT2D eigenvalue weighted by Gasteiger charge is 2.46. The van der Waals surface area contributed by atoms with Gasteiger partial charge < -0.3 is 20.4 Å². The summed E-state index contributed by atoms with van der Waals surface area (Å²) in [5, 5.41) is 40.0. The predicted molar refractivity (Wildman–Crippen MR) is 110 cm³/mol. The van der Waals surface area contributed by atoms with Crippen molar-refractivity contribution >= 4 is 0 Å². The molecule has 0 fully saturated rings. The second-order valence-corrected chi connectivity index (χ2v) is 7.30. The molecule has 29 heavy (non-hydrogen) atoms. The maximum absolute atomic E-state index is 10.1. The molecule has 1 aliphatic carbocycles. The number of phenolic OH excluding ortho intramolecular Hbond substituents is 4. The van der Waals surface area contributed by atoms with E-state index in [-0.39, 0.29) is 23.0 Å². The Morgan fingerprint density at radius 2 is 0.759 bits per heavy atom. The number of rotatable bonds is 2. The maximum atomic E-state index is 10.1. The second-order valence-electron chi connectivity index (χ2n) is 7.30. The van der Waals surface area contributed by atoms with E-state index in [1.165, 1.54) is 0 Å². The summed E-state index contributed by atoms with van der Waals surface area (Å²) in [5.74, 6) is 0.629. The summed E-state index contributed by atoms with van der Waals surface area (Å²) in [6, 6.07) is 24.6. The summed E-state index contributed by atoms with van der Waals surface area (Å²) in [5.41, 5.74) is 4.69. The fourth-order valence-corrected chi connectivity index (χ4v) is 4.52. The predicted octanol–water partition coefficient (Wildman–Crippen LogP) is 4.87. The van der Waals surface area contributed by atoms with Gasteiger partial charge in [-0.05, 0) is 81.9 Å². The SMILES string of the molecule is Oc1ccc(C2(c3ccc(O)cc3)c3ccc(O)cc3-c3cc(O)ccc32)cc1. The molecule has 4 aromatic rings. The standard InChI is InChI=1S/C25H18O4/c26-17-5-1-15(2-6-17)25(16-3-7-18(27)8-4-16)23-11-9-19(28)13-21(23)22-14-20(29)10-12-24(22)25/h1-14,26-29H. The number of aromatic hydroxyl groups is 4. The van der Waals surface area contributed by atoms with Crippen LogP contribution in [-0.2, 0) is 5.41 Å². The van der Waals surface area contributed by atoms with E-state index in [0.29, 0.717) is 0 Å². The lowest BCUT2D eigenvalue weighted by molar-refractivity contribution is 0.474. The smallest absolute Gasteiger partial charge is 0.116 e. The van der Waals surface area contributed by atoms with E-state index in [1.807, 2.05) is 36.4 Å². The Kier molecular flexibility index (Phi) is 3.58. The van der Waals surface area contributed by atoms with E-state index < -0.39 is 5.41 Å². The highest BCUT2D eigenvalue weighted by molar-refractivity contribution is 5.87. The molecular formula is C25H18O4. The van der Waals surface area contributed by atoms with Crippen molar-refractivity contribution in [2.75, 3.05) is 0 Å². The second kappa shape index (κ2) is 6.04. The number of hydrogen-bond acceptors (Lipinski definition) is 4. The lowest BCUT2D eigenvalue weighted by Crippen LogP contribution is -2.28. The third-order valence-electron chi connectivity index (χ3n) is 5.71. The number of phenols is 4. The summed E-state index contributed by atoms with van der Waals surface area (Å²) in [7, 11) is 0. The van der Waals surface area contributed by atoms with Crippen molar-refractivity contribution in [1.82, 2.24) is 0 Å². The van der Waals surface area contributed by atoms with Crippen LogP contribution < -0.4 is 0 Å². The van der Waals surface area contributed by atoms with E-state index in [0.717, 1.165) is 33.4 Å². The zero-order valence-electron chi connectivity index (χ0n) is 15.4. The van der Waals surface area contributed by atoms with Gasteiger partial charge in [0.15, 0.2) is 0 Å². The quantitative estimate of drug-likeness (QED) is 0.351. The molecule has 5 rings (SSSR count). The van der Waals surface area contributed by atoms with Gasteiger partial charge in [0.25, 0.3) is 0 Å². The first-order chi connectivity index (χ1) is 14.0. The number of fused-ring (bicyclic) bond motifs is 3. The number of hydrogen-bond donors (Lipinski definition) is 4. The average molecular weight is 382 g/mol. The van der Waals surface area contributed by atoms with Crippen LogP contribution in [0, 0.1) is 0 Å². The number of benzene rings is 4. The van der Waals surface area contributed by atoms with Gasteiger partial charge in [-0.1, -0.05) is 36.4 Å². The minimum atomic E-state index is -0.729. The molecule has 0 amide bonds. The van der Waals surface area contributed by atoms with Crippen LogP contribution in [0.2, 0.25) is 0 Å². The van der Waals surface area contributed by atoms with Crippen molar-refractivity contribution in [3.05, 3.63) is 107 Å². The summed E-state index contributed by atoms with van der Waals surface area (Å²) in [4.78, 5) is 0. The fourth-order valence-electron chi connectivity index (χ4n) is 4.52. The first-order valence-corrected chi connectivity index (χ1v) is 9.26. The van der Waals surface area contributed by atoms with Crippen molar-refractivity contribution in [1.29, 1.82) is 0 Å². The zero-order chi connectivity index (χ0) is 20.2. The summed E-state index contributed by atoms with van der Waals surface area (Å²) in [6.45, 7) is 0. The highest BCUT2D eigenvalue weighted by Crippen LogP contribution is 2.57. The van der Waals surface area contributed by atoms with Crippen molar-refractivity contribution in [2.45, 2.75) is 5.41 Å². The molecule has 0 spiro atoms. The van der Waals surface area contributed by atoms with E-state index in [1.54, 1.807) is 48.5 Å². The fraction of sp³-hybridized carbons (Fsp3) is 0.0400. The Bertz CT molecular complexity index is 1130. The van der Waals surface area contributed by atoms with Crippen LogP contribution in [0.3, 0.4) is 0 Å². The van der Waals surface area contributed by atoms with Crippen LogP contribution >= 0.6 is 0 Å². The summed E-state index contributed by atoms with van der Waals surface area (Å²) < 4.78 is 0. The van der Waals surface area contributed by atoms with Crippen LogP contribution in [0.25, 0.3) is 11.1 Å². The largest absolute Gasteiger partial charge is 0.508 e. The maximum Gasteiger partial charge on any atom is 0.116 e. The molecule has 0 unspecified atom stereocenters. The average Bonchev–Trinajstić information content (AvgIpc) is 2.99. The van der Waals surface area contributed by atoms with Gasteiger partial charge in [0.2, 0.25) is 0 Å². The normalized spacial score (nSPS) is 13.7. The van der Waals surface area contributed by atoms with Crippen LogP contribution in [0.15, 0.2) is 84.9 Å². The molecule has 0 aliphatic heterocycles. The molecule has 4 aromatic carbocycles. The minimum absolute atomic E-state index is 0.144. The van der Waals surface area contributed by atoms with Gasteiger partial charge in [-0.15, -0.1) is 0 Å². The third kappa shape index (κ3) is 2.39. The molecule has 0 atom stereocenters. The molecular weight excluding hydrogens is 364 g/mol. The van der Waals surface area contributed by atoms with Gasteiger partial charge in [-0.25, -0.2) is 0 Å². The Balaban J connectivity index is 1.95. The Hall–Kier alpha value is -3.92. The van der Waals surface area contributed by atoms with Gasteiger partial charge >= 0.3 is 0 Å². The Morgan fingerprint density at radius 3 is 1.14 bits per heavy atom. The van der Waals surface area contributed by atoms with E-state index >= 15 is 0 Å². The van der Waals surface area contributed by atoms with E-state index in [2.05, 4.69) is 0 Å². The molecule has 142 valence electrons. The van der Waals surface area contributed by atoms with Gasteiger partial charge in [-0.2, -0.15) is 0 Å². The molecule has 0 radical (unpaired) electrons. The van der Waals surface area contributed by atoms with Gasteiger partial charge in [0, 0.05) is 0 Å². The van der Waals surface area contributed by atoms with Gasteiger partial charge in [0.05, 0.1) is 5.41 Å². The Labute approximate surface area is 167 Å². The molecule has 0 bridgehead atoms. The van der Waals surface area contributed by atoms with Crippen molar-refractivity contribution in [3.8, 4) is 34.1 Å². The van der Waals surface area contributed by atoms with Crippen LogP contribution in [0.4, 0.5) is 0 Å². The molecule has 0 heterocycles. The lowest BCUT2D eigenvalue weighted by atomic mass is 9.67. The van der Waals surface area contributed by atoms with Crippen molar-refractivity contribution < 1.29 is 20.4 Å². The molecule has 4 heteroatoms. The summed E-state index contributed by atoms with van der Waals surface area (Å²) in [6.07, 6.45) is 0. The molecule has 1 aliphatic rings. The van der Waals surface area contributed by atoms with E-state index in [4.69, 9.17) is 0 Å². The van der Waals surface area contributed by atoms with Gasteiger partial charge in [-0.3, -0.25) is 0 Å². The summed E-state index contributed by atoms with van der Waals surface area (Å²) >= 11 is 0. The van der Waals surface area contributed by atoms with Crippen LogP contribution in [0.5, 0.6) is 23.0 Å². The van der Waals surface area contributed by atoms with Crippen molar-refractivity contribution in [2.24, 2.45) is 0 Å². The van der Waals surface area contributed by atoms with Crippen LogP contribution in [0.1, 0.15) is 22.3 Å². The first-order valence-electron chi connectivity index (χ1n) is 9.26. The van der Waals surface area contributed by atoms with Crippen LogP contribution in [-0.4, -0.2) is 20.4 Å². The minimum Gasteiger partial charge on any atom is -0.508 e. The topological polar surface area (TPSA) is 80.9 Å². The monoisotopic (exact) mass is 382 g/mol. The molecule has 4 nitrogen and oxygen atoms in total. The van der Waals surface area contributed by atoms with E-state index in [9.17, 15) is 20.4 Å². The highest BCUT2D eigenvalue weighted by atomic mass is 16.3. The molecule has 0 aromatic heterocycles. The molecule has 0 saturated carbocycles. The van der Waals surface area contributed by atoms with Crippen molar-refractivity contribution in [3.63, 3.8) is 0 Å².